The van der Waals surface area contributed by atoms with E-state index in [1.165, 1.54) is 58.5 Å². The summed E-state index contributed by atoms with van der Waals surface area (Å²) < 4.78 is 5.32. The Labute approximate surface area is 117 Å². The molecule has 1 saturated carbocycles. The van der Waals surface area contributed by atoms with Crippen LogP contribution in [0.5, 0.6) is 0 Å². The molecular weight excluding hydrogens is 238 g/mol. The van der Waals surface area contributed by atoms with Crippen molar-refractivity contribution in [3.05, 3.63) is 0 Å². The van der Waals surface area contributed by atoms with Crippen LogP contribution in [0.2, 0.25) is 0 Å². The Kier molecular flexibility index (Phi) is 5.68. The molecule has 0 aromatic rings. The Morgan fingerprint density at radius 3 is 2.26 bits per heavy atom. The second-order valence-corrected chi connectivity index (χ2v) is 6.31. The summed E-state index contributed by atoms with van der Waals surface area (Å²) in [5, 5.41) is 0. The number of hydrogen-bond acceptors (Lipinski definition) is 3. The van der Waals surface area contributed by atoms with Crippen molar-refractivity contribution < 1.29 is 9.53 Å². The molecule has 19 heavy (non-hydrogen) atoms. The third-order valence-electron chi connectivity index (χ3n) is 4.84. The molecule has 2 aliphatic rings. The lowest BCUT2D eigenvalue weighted by atomic mass is 9.87. The molecule has 0 aromatic heterocycles. The summed E-state index contributed by atoms with van der Waals surface area (Å²) in [5.41, 5.74) is 0. The quantitative estimate of drug-likeness (QED) is 0.731. The number of rotatable bonds is 4. The van der Waals surface area contributed by atoms with Gasteiger partial charge in [-0.2, -0.15) is 0 Å². The highest BCUT2D eigenvalue weighted by molar-refractivity contribution is 5.66. The van der Waals surface area contributed by atoms with Crippen LogP contribution in [0.15, 0.2) is 0 Å². The standard InChI is InChI=1S/C16H29NO2/c1-3-4-14-9-11-17(12-10-14)15-5-7-16(8-6-15)19-13(2)18/h14-16H,3-12H2,1-2H3. The van der Waals surface area contributed by atoms with Gasteiger partial charge in [0.2, 0.25) is 0 Å². The number of likely N-dealkylation sites (tertiary alicyclic amines) is 1. The van der Waals surface area contributed by atoms with Gasteiger partial charge in [-0.15, -0.1) is 0 Å². The number of carbonyl (C=O) groups is 1. The van der Waals surface area contributed by atoms with Crippen LogP contribution in [-0.4, -0.2) is 36.1 Å². The second kappa shape index (κ2) is 7.28. The molecule has 2 fully saturated rings. The Bertz CT molecular complexity index is 276. The van der Waals surface area contributed by atoms with E-state index in [4.69, 9.17) is 4.74 Å². The van der Waals surface area contributed by atoms with Gasteiger partial charge in [-0.05, 0) is 57.5 Å². The van der Waals surface area contributed by atoms with Crippen molar-refractivity contribution in [3.8, 4) is 0 Å². The van der Waals surface area contributed by atoms with Gasteiger partial charge in [-0.25, -0.2) is 0 Å². The maximum Gasteiger partial charge on any atom is 0.302 e. The number of piperidine rings is 1. The Hall–Kier alpha value is -0.570. The smallest absolute Gasteiger partial charge is 0.302 e. The molecule has 0 bridgehead atoms. The van der Waals surface area contributed by atoms with E-state index in [-0.39, 0.29) is 12.1 Å². The minimum Gasteiger partial charge on any atom is -0.463 e. The molecule has 1 saturated heterocycles. The van der Waals surface area contributed by atoms with Crippen LogP contribution in [0.25, 0.3) is 0 Å². The molecule has 1 aliphatic heterocycles. The summed E-state index contributed by atoms with van der Waals surface area (Å²) in [7, 11) is 0. The summed E-state index contributed by atoms with van der Waals surface area (Å²) in [5.74, 6) is 0.850. The third kappa shape index (κ3) is 4.48. The number of nitrogens with zero attached hydrogens (tertiary/aromatic N) is 1. The van der Waals surface area contributed by atoms with Crippen molar-refractivity contribution in [1.29, 1.82) is 0 Å². The maximum atomic E-state index is 11.0. The van der Waals surface area contributed by atoms with Gasteiger partial charge in [0.25, 0.3) is 0 Å². The van der Waals surface area contributed by atoms with E-state index in [1.54, 1.807) is 0 Å². The zero-order chi connectivity index (χ0) is 13.7. The summed E-state index contributed by atoms with van der Waals surface area (Å²) in [6.07, 6.45) is 10.2. The van der Waals surface area contributed by atoms with Crippen molar-refractivity contribution >= 4 is 5.97 Å². The third-order valence-corrected chi connectivity index (χ3v) is 4.84. The Morgan fingerprint density at radius 1 is 1.11 bits per heavy atom. The number of ether oxygens (including phenoxy) is 1. The fraction of sp³-hybridized carbons (Fsp3) is 0.938. The lowest BCUT2D eigenvalue weighted by Gasteiger charge is -2.40. The molecule has 0 N–H and O–H groups in total. The highest BCUT2D eigenvalue weighted by Gasteiger charge is 2.29. The molecule has 1 heterocycles. The predicted molar refractivity (Wildman–Crippen MR) is 77.0 cm³/mol. The van der Waals surface area contributed by atoms with Gasteiger partial charge in [0, 0.05) is 13.0 Å². The minimum absolute atomic E-state index is 0.121. The van der Waals surface area contributed by atoms with E-state index < -0.39 is 0 Å². The van der Waals surface area contributed by atoms with Gasteiger partial charge in [-0.1, -0.05) is 19.8 Å². The zero-order valence-corrected chi connectivity index (χ0v) is 12.6. The van der Waals surface area contributed by atoms with Crippen molar-refractivity contribution in [2.45, 2.75) is 77.4 Å². The van der Waals surface area contributed by atoms with Crippen LogP contribution in [0.3, 0.4) is 0 Å². The first-order valence-electron chi connectivity index (χ1n) is 8.10. The van der Waals surface area contributed by atoms with Crippen LogP contribution >= 0.6 is 0 Å². The van der Waals surface area contributed by atoms with Gasteiger partial charge in [0.05, 0.1) is 0 Å². The molecule has 3 nitrogen and oxygen atoms in total. The van der Waals surface area contributed by atoms with Crippen LogP contribution < -0.4 is 0 Å². The first-order chi connectivity index (χ1) is 9.19. The lowest BCUT2D eigenvalue weighted by molar-refractivity contribution is -0.148. The Balaban J connectivity index is 1.69. The van der Waals surface area contributed by atoms with E-state index in [9.17, 15) is 4.79 Å². The van der Waals surface area contributed by atoms with Crippen molar-refractivity contribution in [1.82, 2.24) is 4.90 Å². The summed E-state index contributed by atoms with van der Waals surface area (Å²) in [4.78, 5) is 13.7. The molecule has 0 spiro atoms. The lowest BCUT2D eigenvalue weighted by Crippen LogP contribution is -2.44. The van der Waals surface area contributed by atoms with E-state index in [0.29, 0.717) is 0 Å². The van der Waals surface area contributed by atoms with Crippen LogP contribution in [0.1, 0.15) is 65.2 Å². The fourth-order valence-electron chi connectivity index (χ4n) is 3.78. The van der Waals surface area contributed by atoms with Crippen LogP contribution in [0.4, 0.5) is 0 Å². The van der Waals surface area contributed by atoms with Gasteiger partial charge in [0.1, 0.15) is 6.10 Å². The van der Waals surface area contributed by atoms with Gasteiger partial charge in [0.15, 0.2) is 0 Å². The molecule has 0 aromatic carbocycles. The average molecular weight is 267 g/mol. The van der Waals surface area contributed by atoms with E-state index in [1.807, 2.05) is 0 Å². The highest BCUT2D eigenvalue weighted by Crippen LogP contribution is 2.29. The highest BCUT2D eigenvalue weighted by atomic mass is 16.5. The van der Waals surface area contributed by atoms with E-state index in [2.05, 4.69) is 11.8 Å². The molecule has 0 radical (unpaired) electrons. The monoisotopic (exact) mass is 267 g/mol. The average Bonchev–Trinajstić information content (AvgIpc) is 2.40. The summed E-state index contributed by atoms with van der Waals surface area (Å²) in [6, 6.07) is 0.745. The van der Waals surface area contributed by atoms with Gasteiger partial charge in [-0.3, -0.25) is 4.79 Å². The van der Waals surface area contributed by atoms with Crippen molar-refractivity contribution in [2.24, 2.45) is 5.92 Å². The molecule has 3 heteroatoms. The summed E-state index contributed by atoms with van der Waals surface area (Å²) >= 11 is 0. The van der Waals surface area contributed by atoms with Crippen molar-refractivity contribution in [2.75, 3.05) is 13.1 Å². The van der Waals surface area contributed by atoms with Crippen LogP contribution in [0, 0.1) is 5.92 Å². The summed E-state index contributed by atoms with van der Waals surface area (Å²) in [6.45, 7) is 6.38. The first-order valence-corrected chi connectivity index (χ1v) is 8.10. The molecule has 110 valence electrons. The topological polar surface area (TPSA) is 29.5 Å². The molecular formula is C16H29NO2. The fourth-order valence-corrected chi connectivity index (χ4v) is 3.78. The minimum atomic E-state index is -0.121. The molecule has 1 aliphatic carbocycles. The SMILES string of the molecule is CCCC1CCN(C2CCC(OC(C)=O)CC2)CC1. The number of hydrogen-bond donors (Lipinski definition) is 0. The second-order valence-electron chi connectivity index (χ2n) is 6.31. The molecule has 0 unspecified atom stereocenters. The van der Waals surface area contributed by atoms with Gasteiger partial charge >= 0.3 is 5.97 Å². The largest absolute Gasteiger partial charge is 0.463 e. The zero-order valence-electron chi connectivity index (χ0n) is 12.6. The first kappa shape index (κ1) is 14.8. The van der Waals surface area contributed by atoms with E-state index >= 15 is 0 Å². The number of esters is 1. The molecule has 2 rings (SSSR count). The maximum absolute atomic E-state index is 11.0. The van der Waals surface area contributed by atoms with Crippen LogP contribution in [-0.2, 0) is 9.53 Å². The number of carbonyl (C=O) groups excluding carboxylic acids is 1. The molecule has 0 amide bonds. The van der Waals surface area contributed by atoms with Gasteiger partial charge < -0.3 is 9.64 Å². The molecule has 0 atom stereocenters. The van der Waals surface area contributed by atoms with E-state index in [0.717, 1.165) is 24.8 Å². The normalized spacial score (nSPS) is 30.2. The predicted octanol–water partition coefficient (Wildman–Crippen LogP) is 3.37. The Morgan fingerprint density at radius 2 is 1.74 bits per heavy atom. The van der Waals surface area contributed by atoms with Crippen molar-refractivity contribution in [3.63, 3.8) is 0 Å².